The molecule has 9 nitrogen and oxygen atoms in total. The monoisotopic (exact) mass is 304 g/mol. The number of hydrogen-bond donors (Lipinski definition) is 0. The number of rotatable bonds is 9. The zero-order valence-corrected chi connectivity index (χ0v) is 11.9. The van der Waals surface area contributed by atoms with E-state index in [0.29, 0.717) is 0 Å². The molecular formula is C8H12N6O3S2. The molecule has 19 heavy (non-hydrogen) atoms. The Labute approximate surface area is 117 Å². The second-order valence-corrected chi connectivity index (χ2v) is 5.70. The highest BCUT2D eigenvalue weighted by Gasteiger charge is 2.18. The molecule has 0 unspecified atom stereocenters. The molecule has 0 rings (SSSR count). The fraction of sp³-hybridized carbons (Fsp3) is 0.750. The van der Waals surface area contributed by atoms with E-state index in [0.717, 1.165) is 0 Å². The molecule has 104 valence electrons. The van der Waals surface area contributed by atoms with Gasteiger partial charge in [0, 0.05) is 21.3 Å². The van der Waals surface area contributed by atoms with Crippen molar-refractivity contribution in [3.05, 3.63) is 20.9 Å². The first-order valence-electron chi connectivity index (χ1n) is 4.97. The van der Waals surface area contributed by atoms with Crippen LogP contribution >= 0.6 is 21.6 Å². The van der Waals surface area contributed by atoms with Crippen LogP contribution in [-0.2, 0) is 14.3 Å². The Balaban J connectivity index is 4.19. The van der Waals surface area contributed by atoms with Crippen LogP contribution in [0.15, 0.2) is 10.2 Å². The number of methoxy groups -OCH3 is 1. The minimum absolute atomic E-state index is 0.211. The average Bonchev–Trinajstić information content (AvgIpc) is 2.39. The molecule has 0 aliphatic carbocycles. The first-order chi connectivity index (χ1) is 9.06. The first kappa shape index (κ1) is 17.5. The number of esters is 1. The topological polar surface area (TPSA) is 141 Å². The van der Waals surface area contributed by atoms with Crippen molar-refractivity contribution in [1.29, 1.82) is 0 Å². The molecule has 0 spiro atoms. The van der Waals surface area contributed by atoms with E-state index >= 15 is 0 Å². The Morgan fingerprint density at radius 2 is 1.63 bits per heavy atom. The van der Waals surface area contributed by atoms with Crippen LogP contribution in [0.1, 0.15) is 6.92 Å². The van der Waals surface area contributed by atoms with E-state index in [2.05, 4.69) is 24.8 Å². The summed E-state index contributed by atoms with van der Waals surface area (Å²) >= 11 is 0. The zero-order chi connectivity index (χ0) is 14.7. The second-order valence-electron chi connectivity index (χ2n) is 3.14. The van der Waals surface area contributed by atoms with Crippen LogP contribution in [0.3, 0.4) is 0 Å². The van der Waals surface area contributed by atoms with Gasteiger partial charge in [0.2, 0.25) is 0 Å². The molecule has 0 aliphatic rings. The Hall–Kier alpha value is -1.54. The average molecular weight is 304 g/mol. The van der Waals surface area contributed by atoms with E-state index in [4.69, 9.17) is 11.1 Å². The van der Waals surface area contributed by atoms with E-state index in [1.165, 1.54) is 35.6 Å². The van der Waals surface area contributed by atoms with E-state index in [1.54, 1.807) is 0 Å². The predicted molar refractivity (Wildman–Crippen MR) is 73.5 cm³/mol. The number of carbonyl (C=O) groups excluding carboxylic acids is 2. The summed E-state index contributed by atoms with van der Waals surface area (Å²) in [6.07, 6.45) is 0. The third-order valence-corrected chi connectivity index (χ3v) is 4.25. The minimum atomic E-state index is -0.914. The molecule has 2 atom stereocenters. The van der Waals surface area contributed by atoms with Crippen molar-refractivity contribution in [3.8, 4) is 0 Å². The summed E-state index contributed by atoms with van der Waals surface area (Å²) in [5.74, 6) is -0.356. The second kappa shape index (κ2) is 10.4. The standard InChI is InChI=1S/C8H12N6O3S2/c1-5(15)6(11-13-9)3-18-19-4-7(12-14-10)8(16)17-2/h6-7H,3-4H2,1-2H3/t6-,7-/m0/s1. The normalized spacial score (nSPS) is 12.5. The Morgan fingerprint density at radius 3 is 2.05 bits per heavy atom. The molecule has 0 amide bonds. The van der Waals surface area contributed by atoms with Crippen LogP contribution in [0.25, 0.3) is 20.9 Å². The fourth-order valence-corrected chi connectivity index (χ4v) is 3.17. The van der Waals surface area contributed by atoms with E-state index in [1.807, 2.05) is 0 Å². The van der Waals surface area contributed by atoms with E-state index in [9.17, 15) is 9.59 Å². The van der Waals surface area contributed by atoms with Gasteiger partial charge >= 0.3 is 5.97 Å². The van der Waals surface area contributed by atoms with Gasteiger partial charge < -0.3 is 4.74 Å². The number of ketones is 1. The van der Waals surface area contributed by atoms with E-state index in [-0.39, 0.29) is 17.3 Å². The summed E-state index contributed by atoms with van der Waals surface area (Å²) in [4.78, 5) is 27.4. The van der Waals surface area contributed by atoms with Gasteiger partial charge in [-0.05, 0) is 18.0 Å². The third-order valence-electron chi connectivity index (χ3n) is 1.86. The van der Waals surface area contributed by atoms with Gasteiger partial charge in [-0.15, -0.1) is 0 Å². The van der Waals surface area contributed by atoms with Crippen LogP contribution in [0.2, 0.25) is 0 Å². The molecule has 0 aromatic rings. The smallest absolute Gasteiger partial charge is 0.315 e. The maximum atomic E-state index is 11.2. The van der Waals surface area contributed by atoms with Crippen molar-refractivity contribution in [1.82, 2.24) is 0 Å². The summed E-state index contributed by atoms with van der Waals surface area (Å²) in [5.41, 5.74) is 16.6. The van der Waals surface area contributed by atoms with Gasteiger partial charge in [0.05, 0.1) is 7.11 Å². The molecule has 0 aromatic heterocycles. The molecule has 0 fully saturated rings. The van der Waals surface area contributed by atoms with Crippen LogP contribution in [0.5, 0.6) is 0 Å². The van der Waals surface area contributed by atoms with Crippen molar-refractivity contribution >= 4 is 33.3 Å². The van der Waals surface area contributed by atoms with Gasteiger partial charge in [-0.25, -0.2) is 0 Å². The highest BCUT2D eigenvalue weighted by Crippen LogP contribution is 2.25. The third kappa shape index (κ3) is 7.47. The molecule has 0 saturated heterocycles. The Kier molecular flexibility index (Phi) is 9.55. The summed E-state index contributed by atoms with van der Waals surface area (Å²) in [6.45, 7) is 1.34. The molecule has 0 aromatic carbocycles. The maximum Gasteiger partial charge on any atom is 0.315 e. The fourth-order valence-electron chi connectivity index (χ4n) is 0.866. The molecule has 0 saturated carbocycles. The largest absolute Gasteiger partial charge is 0.469 e. The number of carbonyl (C=O) groups is 2. The number of azide groups is 2. The van der Waals surface area contributed by atoms with Crippen LogP contribution < -0.4 is 0 Å². The predicted octanol–water partition coefficient (Wildman–Crippen LogP) is 2.49. The molecule has 0 bridgehead atoms. The van der Waals surface area contributed by atoms with Gasteiger partial charge in [0.1, 0.15) is 17.9 Å². The molecule has 11 heteroatoms. The van der Waals surface area contributed by atoms with Gasteiger partial charge in [-0.2, -0.15) is 0 Å². The van der Waals surface area contributed by atoms with Crippen LogP contribution in [0.4, 0.5) is 0 Å². The lowest BCUT2D eigenvalue weighted by Crippen LogP contribution is -2.22. The summed E-state index contributed by atoms with van der Waals surface area (Å²) in [6, 6.07) is -1.65. The van der Waals surface area contributed by atoms with E-state index < -0.39 is 18.1 Å². The number of nitrogens with zero attached hydrogens (tertiary/aromatic N) is 6. The summed E-state index contributed by atoms with van der Waals surface area (Å²) in [5, 5.41) is 6.66. The van der Waals surface area contributed by atoms with Crippen molar-refractivity contribution in [2.75, 3.05) is 18.6 Å². The maximum absolute atomic E-state index is 11.2. The SMILES string of the molecule is COC(=O)[C@H](CSSC[C@H](N=[N+]=[N-])C(C)=O)N=[N+]=[N-]. The van der Waals surface area contributed by atoms with Crippen LogP contribution in [0, 0.1) is 0 Å². The van der Waals surface area contributed by atoms with Gasteiger partial charge in [-0.1, -0.05) is 31.8 Å². The van der Waals surface area contributed by atoms with Gasteiger partial charge in [-0.3, -0.25) is 9.59 Å². The lowest BCUT2D eigenvalue weighted by molar-refractivity contribution is -0.141. The number of Topliss-reactive ketones (excluding diaryl/α,β-unsaturated/α-hetero) is 1. The van der Waals surface area contributed by atoms with Crippen molar-refractivity contribution in [2.24, 2.45) is 10.2 Å². The lowest BCUT2D eigenvalue weighted by atomic mass is 10.2. The Morgan fingerprint density at radius 1 is 1.16 bits per heavy atom. The minimum Gasteiger partial charge on any atom is -0.469 e. The number of ether oxygens (including phenoxy) is 1. The molecule has 0 heterocycles. The van der Waals surface area contributed by atoms with Gasteiger partial charge in [0.25, 0.3) is 0 Å². The molecule has 0 N–H and O–H groups in total. The quantitative estimate of drug-likeness (QED) is 0.161. The van der Waals surface area contributed by atoms with Crippen LogP contribution in [-0.4, -0.2) is 42.5 Å². The van der Waals surface area contributed by atoms with Gasteiger partial charge in [0.15, 0.2) is 0 Å². The molecule has 0 aliphatic heterocycles. The van der Waals surface area contributed by atoms with Crippen molar-refractivity contribution in [2.45, 2.75) is 19.0 Å². The molecular weight excluding hydrogens is 292 g/mol. The van der Waals surface area contributed by atoms with Crippen molar-refractivity contribution < 1.29 is 14.3 Å². The summed E-state index contributed by atoms with van der Waals surface area (Å²) < 4.78 is 4.47. The number of hydrogen-bond acceptors (Lipinski definition) is 7. The summed E-state index contributed by atoms with van der Waals surface area (Å²) in [7, 11) is 3.69. The van der Waals surface area contributed by atoms with Crippen molar-refractivity contribution in [3.63, 3.8) is 0 Å². The zero-order valence-electron chi connectivity index (χ0n) is 10.3. The Bertz CT molecular complexity index is 417. The first-order valence-corrected chi connectivity index (χ1v) is 7.46. The highest BCUT2D eigenvalue weighted by molar-refractivity contribution is 8.76. The highest BCUT2D eigenvalue weighted by atomic mass is 33.1. The molecule has 0 radical (unpaired) electrons. The lowest BCUT2D eigenvalue weighted by Gasteiger charge is -2.09.